The summed E-state index contributed by atoms with van der Waals surface area (Å²) in [4.78, 5) is 11.2. The van der Waals surface area contributed by atoms with Gasteiger partial charge in [0.15, 0.2) is 0 Å². The van der Waals surface area contributed by atoms with E-state index < -0.39 is 0 Å². The van der Waals surface area contributed by atoms with Gasteiger partial charge < -0.3 is 4.74 Å². The van der Waals surface area contributed by atoms with E-state index in [0.29, 0.717) is 5.75 Å². The molecule has 108 valence electrons. The zero-order chi connectivity index (χ0) is 14.8. The van der Waals surface area contributed by atoms with Gasteiger partial charge in [-0.15, -0.1) is 11.8 Å². The second-order valence-electron chi connectivity index (χ2n) is 5.28. The lowest BCUT2D eigenvalue weighted by Crippen LogP contribution is -2.04. The Morgan fingerprint density at radius 1 is 1.19 bits per heavy atom. The molecule has 1 aliphatic rings. The van der Waals surface area contributed by atoms with E-state index in [4.69, 9.17) is 4.74 Å². The highest BCUT2D eigenvalue weighted by Gasteiger charge is 2.19. The number of carbonyl (C=O) groups excluding carboxylic acids is 1. The van der Waals surface area contributed by atoms with Crippen molar-refractivity contribution in [3.63, 3.8) is 0 Å². The van der Waals surface area contributed by atoms with E-state index >= 15 is 0 Å². The van der Waals surface area contributed by atoms with E-state index in [1.807, 2.05) is 0 Å². The van der Waals surface area contributed by atoms with Crippen molar-refractivity contribution in [3.05, 3.63) is 59.2 Å². The zero-order valence-electron chi connectivity index (χ0n) is 12.3. The smallest absolute Gasteiger partial charge is 0.315 e. The molecule has 0 saturated heterocycles. The Morgan fingerprint density at radius 2 is 1.95 bits per heavy atom. The molecule has 0 saturated carbocycles. The normalized spacial score (nSPS) is 13.4. The second-order valence-corrected chi connectivity index (χ2v) is 6.61. The first-order valence-electron chi connectivity index (χ1n) is 7.08. The van der Waals surface area contributed by atoms with Crippen LogP contribution in [0.3, 0.4) is 0 Å². The molecule has 0 fully saturated rings. The highest BCUT2D eigenvalue weighted by molar-refractivity contribution is 8.00. The Bertz CT molecular complexity index is 679. The van der Waals surface area contributed by atoms with Crippen molar-refractivity contribution >= 4 is 17.7 Å². The Labute approximate surface area is 129 Å². The molecule has 0 spiro atoms. The van der Waals surface area contributed by atoms with Gasteiger partial charge in [-0.1, -0.05) is 42.5 Å². The molecule has 0 bridgehead atoms. The van der Waals surface area contributed by atoms with E-state index in [1.165, 1.54) is 34.9 Å². The molecule has 0 heterocycles. The standard InChI is InChI=1S/C18H18O2S/c1-12(21-11-18(19)20-2)13-7-8-17-15(9-13)10-14-5-3-4-6-16(14)17/h3-9,12H,10-11H2,1-2H3. The third-order valence-corrected chi connectivity index (χ3v) is 5.14. The van der Waals surface area contributed by atoms with Crippen LogP contribution >= 0.6 is 11.8 Å². The van der Waals surface area contributed by atoms with Crippen molar-refractivity contribution in [1.29, 1.82) is 0 Å². The van der Waals surface area contributed by atoms with E-state index in [0.717, 1.165) is 6.42 Å². The van der Waals surface area contributed by atoms with Crippen molar-refractivity contribution in [2.24, 2.45) is 0 Å². The van der Waals surface area contributed by atoms with E-state index in [1.54, 1.807) is 11.8 Å². The van der Waals surface area contributed by atoms with Crippen LogP contribution in [-0.2, 0) is 16.0 Å². The minimum atomic E-state index is -0.166. The van der Waals surface area contributed by atoms with Crippen LogP contribution in [0.4, 0.5) is 0 Å². The van der Waals surface area contributed by atoms with Gasteiger partial charge in [0.2, 0.25) is 0 Å². The maximum atomic E-state index is 11.2. The molecule has 0 N–H and O–H groups in total. The van der Waals surface area contributed by atoms with Crippen LogP contribution in [0.5, 0.6) is 0 Å². The van der Waals surface area contributed by atoms with Crippen LogP contribution in [0.15, 0.2) is 42.5 Å². The van der Waals surface area contributed by atoms with Gasteiger partial charge in [0, 0.05) is 5.25 Å². The largest absolute Gasteiger partial charge is 0.468 e. The number of esters is 1. The Kier molecular flexibility index (Phi) is 4.02. The van der Waals surface area contributed by atoms with Crippen molar-refractivity contribution in [2.75, 3.05) is 12.9 Å². The van der Waals surface area contributed by atoms with Crippen molar-refractivity contribution in [2.45, 2.75) is 18.6 Å². The van der Waals surface area contributed by atoms with E-state index in [-0.39, 0.29) is 11.2 Å². The summed E-state index contributed by atoms with van der Waals surface area (Å²) in [6, 6.07) is 15.3. The molecule has 2 aromatic rings. The molecule has 2 aromatic carbocycles. The van der Waals surface area contributed by atoms with Crippen molar-refractivity contribution in [1.82, 2.24) is 0 Å². The molecule has 0 aliphatic heterocycles. The lowest BCUT2D eigenvalue weighted by Gasteiger charge is -2.12. The highest BCUT2D eigenvalue weighted by Crippen LogP contribution is 2.39. The molecule has 3 rings (SSSR count). The molecule has 0 amide bonds. The van der Waals surface area contributed by atoms with Gasteiger partial charge >= 0.3 is 5.97 Å². The number of benzene rings is 2. The van der Waals surface area contributed by atoms with Crippen molar-refractivity contribution < 1.29 is 9.53 Å². The number of hydrogen-bond donors (Lipinski definition) is 0. The fraction of sp³-hybridized carbons (Fsp3) is 0.278. The summed E-state index contributed by atoms with van der Waals surface area (Å²) >= 11 is 1.62. The molecule has 21 heavy (non-hydrogen) atoms. The summed E-state index contributed by atoms with van der Waals surface area (Å²) in [5, 5.41) is 0.290. The average molecular weight is 298 g/mol. The van der Waals surface area contributed by atoms with Gasteiger partial charge in [-0.2, -0.15) is 0 Å². The Morgan fingerprint density at radius 3 is 2.76 bits per heavy atom. The summed E-state index contributed by atoms with van der Waals surface area (Å²) in [7, 11) is 1.43. The second kappa shape index (κ2) is 5.94. The molecule has 3 heteroatoms. The predicted octanol–water partition coefficient (Wildman–Crippen LogP) is 4.23. The molecule has 1 atom stereocenters. The number of fused-ring (bicyclic) bond motifs is 3. The summed E-state index contributed by atoms with van der Waals surface area (Å²) < 4.78 is 4.69. The lowest BCUT2D eigenvalue weighted by molar-refractivity contribution is -0.137. The molecule has 1 unspecified atom stereocenters. The maximum Gasteiger partial charge on any atom is 0.315 e. The molecule has 2 nitrogen and oxygen atoms in total. The van der Waals surface area contributed by atoms with Crippen LogP contribution in [0.1, 0.15) is 28.9 Å². The summed E-state index contributed by atoms with van der Waals surface area (Å²) in [6.07, 6.45) is 1.01. The molecule has 0 radical (unpaired) electrons. The SMILES string of the molecule is COC(=O)CSC(C)c1ccc2c(c1)Cc1ccccc1-2. The molecule has 1 aliphatic carbocycles. The van der Waals surface area contributed by atoms with Crippen LogP contribution in [0, 0.1) is 0 Å². The van der Waals surface area contributed by atoms with Crippen molar-refractivity contribution in [3.8, 4) is 11.1 Å². The minimum absolute atomic E-state index is 0.166. The fourth-order valence-corrected chi connectivity index (χ4v) is 3.61. The number of hydrogen-bond acceptors (Lipinski definition) is 3. The first kappa shape index (κ1) is 14.2. The number of rotatable bonds is 4. The number of carbonyl (C=O) groups is 1. The van der Waals surface area contributed by atoms with Gasteiger partial charge in [-0.3, -0.25) is 4.79 Å². The number of ether oxygens (including phenoxy) is 1. The summed E-state index contributed by atoms with van der Waals surface area (Å²) in [6.45, 7) is 2.14. The Balaban J connectivity index is 1.79. The van der Waals surface area contributed by atoms with Crippen LogP contribution in [0.2, 0.25) is 0 Å². The summed E-state index contributed by atoms with van der Waals surface area (Å²) in [5.74, 6) is 0.232. The Hall–Kier alpha value is -1.74. The quantitative estimate of drug-likeness (QED) is 0.674. The average Bonchev–Trinajstić information content (AvgIpc) is 2.89. The zero-order valence-corrected chi connectivity index (χ0v) is 13.1. The summed E-state index contributed by atoms with van der Waals surface area (Å²) in [5.41, 5.74) is 6.77. The number of methoxy groups -OCH3 is 1. The topological polar surface area (TPSA) is 26.3 Å². The van der Waals surface area contributed by atoms with Gasteiger partial charge in [-0.05, 0) is 41.2 Å². The van der Waals surface area contributed by atoms with Gasteiger partial charge in [-0.25, -0.2) is 0 Å². The predicted molar refractivity (Wildman–Crippen MR) is 87.6 cm³/mol. The molecular formula is C18H18O2S. The third-order valence-electron chi connectivity index (χ3n) is 3.97. The fourth-order valence-electron chi connectivity index (χ4n) is 2.77. The van der Waals surface area contributed by atoms with Gasteiger partial charge in [0.05, 0.1) is 12.9 Å². The lowest BCUT2D eigenvalue weighted by atomic mass is 10.0. The van der Waals surface area contributed by atoms with Crippen LogP contribution in [0.25, 0.3) is 11.1 Å². The maximum absolute atomic E-state index is 11.2. The van der Waals surface area contributed by atoms with Crippen LogP contribution in [-0.4, -0.2) is 18.8 Å². The van der Waals surface area contributed by atoms with E-state index in [9.17, 15) is 4.79 Å². The van der Waals surface area contributed by atoms with Gasteiger partial charge in [0.1, 0.15) is 0 Å². The molecular weight excluding hydrogens is 280 g/mol. The highest BCUT2D eigenvalue weighted by atomic mass is 32.2. The van der Waals surface area contributed by atoms with Crippen LogP contribution < -0.4 is 0 Å². The third kappa shape index (κ3) is 2.84. The van der Waals surface area contributed by atoms with E-state index in [2.05, 4.69) is 49.4 Å². The van der Waals surface area contributed by atoms with Gasteiger partial charge in [0.25, 0.3) is 0 Å². The molecule has 0 aromatic heterocycles. The first-order chi connectivity index (χ1) is 10.2. The number of thioether (sulfide) groups is 1. The minimum Gasteiger partial charge on any atom is -0.468 e. The monoisotopic (exact) mass is 298 g/mol. The first-order valence-corrected chi connectivity index (χ1v) is 8.13.